The highest BCUT2D eigenvalue weighted by molar-refractivity contribution is 7.89. The number of nitrogens with one attached hydrogen (secondary N) is 1. The van der Waals surface area contributed by atoms with E-state index in [0.29, 0.717) is 12.1 Å². The summed E-state index contributed by atoms with van der Waals surface area (Å²) in [6.07, 6.45) is 0. The Morgan fingerprint density at radius 1 is 1.40 bits per heavy atom. The fraction of sp³-hybridized carbons (Fsp3) is 0.385. The normalized spacial score (nSPS) is 11.2. The minimum Gasteiger partial charge on any atom is -0.384 e. The lowest BCUT2D eigenvalue weighted by Gasteiger charge is -2.11. The van der Waals surface area contributed by atoms with Crippen LogP contribution in [-0.2, 0) is 10.0 Å². The fourth-order valence-corrected chi connectivity index (χ4v) is 2.50. The third-order valence-corrected chi connectivity index (χ3v) is 3.88. The van der Waals surface area contributed by atoms with Crippen LogP contribution in [0.25, 0.3) is 0 Å². The highest BCUT2D eigenvalue weighted by atomic mass is 32.2. The second-order valence-electron chi connectivity index (χ2n) is 4.31. The molecule has 0 amide bonds. The van der Waals surface area contributed by atoms with Gasteiger partial charge in [0.05, 0.1) is 0 Å². The zero-order valence-electron chi connectivity index (χ0n) is 11.4. The Bertz CT molecular complexity index is 618. The zero-order chi connectivity index (χ0) is 15.2. The molecule has 0 fully saturated rings. The van der Waals surface area contributed by atoms with Gasteiger partial charge in [-0.1, -0.05) is 11.8 Å². The van der Waals surface area contributed by atoms with Crippen molar-refractivity contribution < 1.29 is 17.9 Å². The van der Waals surface area contributed by atoms with Crippen molar-refractivity contribution in [2.45, 2.75) is 4.90 Å². The first-order valence-electron chi connectivity index (χ1n) is 5.90. The minimum absolute atomic E-state index is 0.195. The van der Waals surface area contributed by atoms with Crippen LogP contribution in [0, 0.1) is 17.7 Å². The fourth-order valence-electron chi connectivity index (χ4n) is 1.42. The van der Waals surface area contributed by atoms with Crippen LogP contribution in [0.3, 0.4) is 0 Å². The molecule has 0 saturated carbocycles. The number of hydrogen-bond donors (Lipinski definition) is 2. The third kappa shape index (κ3) is 4.90. The lowest BCUT2D eigenvalue weighted by atomic mass is 10.2. The number of sulfonamides is 1. The Hall–Kier alpha value is -1.46. The van der Waals surface area contributed by atoms with Crippen LogP contribution < -0.4 is 4.72 Å². The van der Waals surface area contributed by atoms with Gasteiger partial charge in [0.2, 0.25) is 10.0 Å². The Labute approximate surface area is 118 Å². The Morgan fingerprint density at radius 2 is 2.10 bits per heavy atom. The van der Waals surface area contributed by atoms with Crippen molar-refractivity contribution in [2.24, 2.45) is 0 Å². The van der Waals surface area contributed by atoms with Crippen LogP contribution in [0.4, 0.5) is 4.39 Å². The maximum absolute atomic E-state index is 13.8. The first kappa shape index (κ1) is 16.6. The highest BCUT2D eigenvalue weighted by Gasteiger charge is 2.18. The molecule has 0 unspecified atom stereocenters. The first-order chi connectivity index (χ1) is 9.36. The van der Waals surface area contributed by atoms with Crippen molar-refractivity contribution >= 4 is 10.0 Å². The van der Waals surface area contributed by atoms with Crippen molar-refractivity contribution in [1.82, 2.24) is 9.62 Å². The lowest BCUT2D eigenvalue weighted by Crippen LogP contribution is -2.31. The maximum Gasteiger partial charge on any atom is 0.243 e. The molecular weight excluding hydrogens is 283 g/mol. The summed E-state index contributed by atoms with van der Waals surface area (Å²) in [6.45, 7) is 0.371. The topological polar surface area (TPSA) is 69.6 Å². The average molecular weight is 300 g/mol. The Kier molecular flexibility index (Phi) is 6.10. The van der Waals surface area contributed by atoms with E-state index in [-0.39, 0.29) is 13.2 Å². The molecule has 5 nitrogen and oxygen atoms in total. The molecule has 0 atom stereocenters. The van der Waals surface area contributed by atoms with E-state index in [1.807, 2.05) is 19.0 Å². The van der Waals surface area contributed by atoms with Crippen LogP contribution >= 0.6 is 0 Å². The molecule has 0 spiro atoms. The predicted molar refractivity (Wildman–Crippen MR) is 74.1 cm³/mol. The first-order valence-corrected chi connectivity index (χ1v) is 7.39. The molecule has 0 aliphatic heterocycles. The van der Waals surface area contributed by atoms with Gasteiger partial charge in [0.15, 0.2) is 0 Å². The molecular formula is C13H17FN2O3S. The SMILES string of the molecule is CN(C)CCNS(=O)(=O)c1ccc(C#CCO)cc1F. The molecule has 1 rings (SSSR count). The highest BCUT2D eigenvalue weighted by Crippen LogP contribution is 2.15. The van der Waals surface area contributed by atoms with E-state index in [0.717, 1.165) is 12.1 Å². The smallest absolute Gasteiger partial charge is 0.243 e. The van der Waals surface area contributed by atoms with Crippen LogP contribution in [0.2, 0.25) is 0 Å². The quantitative estimate of drug-likeness (QED) is 0.752. The summed E-state index contributed by atoms with van der Waals surface area (Å²) in [5, 5.41) is 8.55. The van der Waals surface area contributed by atoms with Crippen molar-refractivity contribution in [3.05, 3.63) is 29.6 Å². The largest absolute Gasteiger partial charge is 0.384 e. The predicted octanol–water partition coefficient (Wildman–Crippen LogP) is 0.00940. The molecule has 0 bridgehead atoms. The molecule has 0 saturated heterocycles. The number of likely N-dealkylation sites (N-methyl/N-ethyl adjacent to an activating group) is 1. The standard InChI is InChI=1S/C13H17FN2O3S/c1-16(2)8-7-15-20(18,19)13-6-5-11(4-3-9-17)10-12(13)14/h5-6,10,15,17H,7-9H2,1-2H3. The van der Waals surface area contributed by atoms with Crippen molar-refractivity contribution in [3.63, 3.8) is 0 Å². The van der Waals surface area contributed by atoms with E-state index in [1.54, 1.807) is 0 Å². The van der Waals surface area contributed by atoms with Gasteiger partial charge in [0, 0.05) is 18.7 Å². The van der Waals surface area contributed by atoms with E-state index >= 15 is 0 Å². The third-order valence-electron chi connectivity index (χ3n) is 2.38. The van der Waals surface area contributed by atoms with Gasteiger partial charge in [-0.3, -0.25) is 0 Å². The average Bonchev–Trinajstić information content (AvgIpc) is 2.35. The molecule has 1 aromatic carbocycles. The van der Waals surface area contributed by atoms with Crippen LogP contribution in [-0.4, -0.2) is 52.2 Å². The maximum atomic E-state index is 13.8. The summed E-state index contributed by atoms with van der Waals surface area (Å²) in [4.78, 5) is 1.40. The molecule has 0 aliphatic carbocycles. The number of aliphatic hydroxyl groups excluding tert-OH is 1. The number of rotatable bonds is 5. The summed E-state index contributed by atoms with van der Waals surface area (Å²) >= 11 is 0. The second-order valence-corrected chi connectivity index (χ2v) is 6.04. The number of hydrogen-bond acceptors (Lipinski definition) is 4. The van der Waals surface area contributed by atoms with Crippen LogP contribution in [0.5, 0.6) is 0 Å². The van der Waals surface area contributed by atoms with E-state index in [9.17, 15) is 12.8 Å². The van der Waals surface area contributed by atoms with E-state index in [4.69, 9.17) is 5.11 Å². The van der Waals surface area contributed by atoms with Crippen molar-refractivity contribution in [1.29, 1.82) is 0 Å². The summed E-state index contributed by atoms with van der Waals surface area (Å²) in [5.41, 5.74) is 0.309. The zero-order valence-corrected chi connectivity index (χ0v) is 12.2. The number of halogens is 1. The van der Waals surface area contributed by atoms with E-state index < -0.39 is 20.7 Å². The van der Waals surface area contributed by atoms with Crippen molar-refractivity contribution in [2.75, 3.05) is 33.8 Å². The minimum atomic E-state index is -3.87. The summed E-state index contributed by atoms with van der Waals surface area (Å²) in [7, 11) is -0.255. The van der Waals surface area contributed by atoms with Gasteiger partial charge in [0.25, 0.3) is 0 Å². The van der Waals surface area contributed by atoms with Crippen molar-refractivity contribution in [3.8, 4) is 11.8 Å². The molecule has 0 aromatic heterocycles. The van der Waals surface area contributed by atoms with Gasteiger partial charge in [-0.25, -0.2) is 17.5 Å². The van der Waals surface area contributed by atoms with Gasteiger partial charge < -0.3 is 10.0 Å². The second kappa shape index (κ2) is 7.36. The molecule has 7 heteroatoms. The van der Waals surface area contributed by atoms with E-state index in [2.05, 4.69) is 16.6 Å². The Morgan fingerprint density at radius 3 is 2.65 bits per heavy atom. The van der Waals surface area contributed by atoms with Crippen LogP contribution in [0.15, 0.2) is 23.1 Å². The molecule has 2 N–H and O–H groups in total. The summed E-state index contributed by atoms with van der Waals surface area (Å²) in [5.74, 6) is 4.01. The van der Waals surface area contributed by atoms with E-state index in [1.165, 1.54) is 6.07 Å². The monoisotopic (exact) mass is 300 g/mol. The van der Waals surface area contributed by atoms with Crippen LogP contribution in [0.1, 0.15) is 5.56 Å². The van der Waals surface area contributed by atoms with Gasteiger partial charge in [0.1, 0.15) is 17.3 Å². The Balaban J connectivity index is 2.90. The number of aliphatic hydroxyl groups is 1. The molecule has 0 radical (unpaired) electrons. The number of benzene rings is 1. The van der Waals surface area contributed by atoms with Gasteiger partial charge in [-0.05, 0) is 32.3 Å². The summed E-state index contributed by atoms with van der Waals surface area (Å²) < 4.78 is 40.0. The molecule has 0 heterocycles. The lowest BCUT2D eigenvalue weighted by molar-refractivity contribution is 0.350. The molecule has 1 aromatic rings. The number of nitrogens with zero attached hydrogens (tertiary/aromatic N) is 1. The molecule has 0 aliphatic rings. The summed E-state index contributed by atoms with van der Waals surface area (Å²) in [6, 6.07) is 3.59. The molecule has 20 heavy (non-hydrogen) atoms. The van der Waals surface area contributed by atoms with Gasteiger partial charge in [-0.2, -0.15) is 0 Å². The van der Waals surface area contributed by atoms with Gasteiger partial charge in [-0.15, -0.1) is 0 Å². The van der Waals surface area contributed by atoms with Gasteiger partial charge >= 0.3 is 0 Å². The molecule has 110 valence electrons.